The topological polar surface area (TPSA) is 21.1 Å². The standard InChI is InChI=1S/C17H25N3/c1-17(2,3)16-10-12-20(18-16)15-8-6-7-14(13-15)9-11-19(4)5/h6-8,10,12-13H,9,11H2,1-5H3. The van der Waals surface area contributed by atoms with Crippen LogP contribution >= 0.6 is 0 Å². The van der Waals surface area contributed by atoms with Crippen molar-refractivity contribution in [3.05, 3.63) is 47.8 Å². The van der Waals surface area contributed by atoms with E-state index in [4.69, 9.17) is 5.10 Å². The van der Waals surface area contributed by atoms with Gasteiger partial charge in [0.05, 0.1) is 11.4 Å². The summed E-state index contributed by atoms with van der Waals surface area (Å²) in [7, 11) is 4.21. The van der Waals surface area contributed by atoms with Crippen molar-refractivity contribution in [2.45, 2.75) is 32.6 Å². The van der Waals surface area contributed by atoms with Crippen LogP contribution < -0.4 is 0 Å². The Kier molecular flexibility index (Phi) is 4.29. The number of nitrogens with zero attached hydrogens (tertiary/aromatic N) is 3. The average Bonchev–Trinajstić information content (AvgIpc) is 2.86. The van der Waals surface area contributed by atoms with Gasteiger partial charge in [0.25, 0.3) is 0 Å². The molecular weight excluding hydrogens is 246 g/mol. The third-order valence-corrected chi connectivity index (χ3v) is 3.38. The summed E-state index contributed by atoms with van der Waals surface area (Å²) in [5, 5.41) is 4.69. The highest BCUT2D eigenvalue weighted by Crippen LogP contribution is 2.21. The van der Waals surface area contributed by atoms with Crippen LogP contribution in [-0.4, -0.2) is 35.3 Å². The van der Waals surface area contributed by atoms with Crippen molar-refractivity contribution in [2.24, 2.45) is 0 Å². The van der Waals surface area contributed by atoms with E-state index in [9.17, 15) is 0 Å². The molecule has 0 atom stereocenters. The van der Waals surface area contributed by atoms with Gasteiger partial charge >= 0.3 is 0 Å². The van der Waals surface area contributed by atoms with Gasteiger partial charge in [0.2, 0.25) is 0 Å². The van der Waals surface area contributed by atoms with Gasteiger partial charge in [0.15, 0.2) is 0 Å². The van der Waals surface area contributed by atoms with Crippen molar-refractivity contribution in [3.8, 4) is 5.69 Å². The van der Waals surface area contributed by atoms with Crippen molar-refractivity contribution in [3.63, 3.8) is 0 Å². The second-order valence-corrected chi connectivity index (χ2v) is 6.62. The maximum absolute atomic E-state index is 4.69. The summed E-state index contributed by atoms with van der Waals surface area (Å²) < 4.78 is 1.97. The van der Waals surface area contributed by atoms with Crippen molar-refractivity contribution in [1.29, 1.82) is 0 Å². The number of likely N-dealkylation sites (N-methyl/N-ethyl adjacent to an activating group) is 1. The first-order chi connectivity index (χ1) is 9.36. The van der Waals surface area contributed by atoms with E-state index >= 15 is 0 Å². The Morgan fingerprint density at radius 2 is 1.90 bits per heavy atom. The number of hydrogen-bond donors (Lipinski definition) is 0. The molecule has 3 nitrogen and oxygen atoms in total. The second kappa shape index (κ2) is 5.80. The zero-order chi connectivity index (χ0) is 14.8. The van der Waals surface area contributed by atoms with Crippen LogP contribution in [0.15, 0.2) is 36.5 Å². The Bertz CT molecular complexity index is 562. The minimum atomic E-state index is 0.0911. The fourth-order valence-corrected chi connectivity index (χ4v) is 2.07. The highest BCUT2D eigenvalue weighted by Gasteiger charge is 2.16. The predicted octanol–water partition coefficient (Wildman–Crippen LogP) is 3.27. The number of hydrogen-bond acceptors (Lipinski definition) is 2. The normalized spacial score (nSPS) is 12.1. The molecule has 1 heterocycles. The largest absolute Gasteiger partial charge is 0.309 e. The van der Waals surface area contributed by atoms with E-state index in [0.29, 0.717) is 0 Å². The monoisotopic (exact) mass is 271 g/mol. The summed E-state index contributed by atoms with van der Waals surface area (Å²) in [6.45, 7) is 7.63. The summed E-state index contributed by atoms with van der Waals surface area (Å²) >= 11 is 0. The van der Waals surface area contributed by atoms with E-state index in [1.54, 1.807) is 0 Å². The van der Waals surface area contributed by atoms with Crippen LogP contribution in [0.3, 0.4) is 0 Å². The van der Waals surface area contributed by atoms with Crippen LogP contribution in [0, 0.1) is 0 Å². The SMILES string of the molecule is CN(C)CCc1cccc(-n2ccc(C(C)(C)C)n2)c1. The molecule has 0 bridgehead atoms. The average molecular weight is 271 g/mol. The first-order valence-electron chi connectivity index (χ1n) is 7.16. The van der Waals surface area contributed by atoms with Crippen molar-refractivity contribution < 1.29 is 0 Å². The van der Waals surface area contributed by atoms with E-state index in [0.717, 1.165) is 24.3 Å². The number of aromatic nitrogens is 2. The molecule has 0 aliphatic heterocycles. The molecule has 0 saturated heterocycles. The summed E-state index contributed by atoms with van der Waals surface area (Å²) in [4.78, 5) is 2.21. The zero-order valence-corrected chi connectivity index (χ0v) is 13.2. The fraction of sp³-hybridized carbons (Fsp3) is 0.471. The molecule has 2 aromatic rings. The molecule has 3 heteroatoms. The molecule has 1 aromatic carbocycles. The van der Waals surface area contributed by atoms with Crippen molar-refractivity contribution in [2.75, 3.05) is 20.6 Å². The molecule has 0 radical (unpaired) electrons. The van der Waals surface area contributed by atoms with Crippen LogP contribution in [0.2, 0.25) is 0 Å². The van der Waals surface area contributed by atoms with Crippen molar-refractivity contribution >= 4 is 0 Å². The molecule has 0 spiro atoms. The first-order valence-corrected chi connectivity index (χ1v) is 7.16. The lowest BCUT2D eigenvalue weighted by Crippen LogP contribution is -2.15. The van der Waals surface area contributed by atoms with Crippen LogP contribution in [0.5, 0.6) is 0 Å². The third kappa shape index (κ3) is 3.70. The second-order valence-electron chi connectivity index (χ2n) is 6.62. The molecule has 0 aliphatic rings. The summed E-state index contributed by atoms with van der Waals surface area (Å²) in [5.41, 5.74) is 3.70. The van der Waals surface area contributed by atoms with Crippen LogP contribution in [0.4, 0.5) is 0 Å². The molecule has 0 fully saturated rings. The van der Waals surface area contributed by atoms with Crippen LogP contribution in [-0.2, 0) is 11.8 Å². The van der Waals surface area contributed by atoms with Gasteiger partial charge in [-0.1, -0.05) is 32.9 Å². The Morgan fingerprint density at radius 1 is 1.15 bits per heavy atom. The minimum Gasteiger partial charge on any atom is -0.309 e. The van der Waals surface area contributed by atoms with E-state index in [1.807, 2.05) is 10.9 Å². The van der Waals surface area contributed by atoms with Gasteiger partial charge < -0.3 is 4.90 Å². The molecule has 0 N–H and O–H groups in total. The molecule has 2 rings (SSSR count). The summed E-state index contributed by atoms with van der Waals surface area (Å²) in [5.74, 6) is 0. The molecule has 0 unspecified atom stereocenters. The van der Waals surface area contributed by atoms with Gasteiger partial charge in [-0.2, -0.15) is 5.10 Å². The summed E-state index contributed by atoms with van der Waals surface area (Å²) in [6, 6.07) is 10.7. The maximum Gasteiger partial charge on any atom is 0.0682 e. The molecule has 1 aromatic heterocycles. The lowest BCUT2D eigenvalue weighted by atomic mass is 9.93. The Hall–Kier alpha value is -1.61. The first kappa shape index (κ1) is 14.8. The van der Waals surface area contributed by atoms with E-state index in [2.05, 4.69) is 70.1 Å². The fourth-order valence-electron chi connectivity index (χ4n) is 2.07. The molecule has 0 aliphatic carbocycles. The third-order valence-electron chi connectivity index (χ3n) is 3.38. The lowest BCUT2D eigenvalue weighted by Gasteiger charge is -2.14. The van der Waals surface area contributed by atoms with Gasteiger partial charge in [-0.15, -0.1) is 0 Å². The van der Waals surface area contributed by atoms with Gasteiger partial charge in [0, 0.05) is 18.2 Å². The van der Waals surface area contributed by atoms with E-state index in [-0.39, 0.29) is 5.41 Å². The Morgan fingerprint density at radius 3 is 2.50 bits per heavy atom. The predicted molar refractivity (Wildman–Crippen MR) is 84.5 cm³/mol. The molecule has 0 saturated carbocycles. The van der Waals surface area contributed by atoms with Crippen molar-refractivity contribution in [1.82, 2.24) is 14.7 Å². The highest BCUT2D eigenvalue weighted by atomic mass is 15.3. The smallest absolute Gasteiger partial charge is 0.0682 e. The molecule has 0 amide bonds. The molecule has 20 heavy (non-hydrogen) atoms. The van der Waals surface area contributed by atoms with Gasteiger partial charge in [-0.05, 0) is 44.3 Å². The van der Waals surface area contributed by atoms with Gasteiger partial charge in [-0.3, -0.25) is 0 Å². The highest BCUT2D eigenvalue weighted by molar-refractivity contribution is 5.36. The van der Waals surface area contributed by atoms with Crippen LogP contribution in [0.1, 0.15) is 32.0 Å². The van der Waals surface area contributed by atoms with E-state index < -0.39 is 0 Å². The lowest BCUT2D eigenvalue weighted by molar-refractivity contribution is 0.413. The van der Waals surface area contributed by atoms with Gasteiger partial charge in [-0.25, -0.2) is 4.68 Å². The van der Waals surface area contributed by atoms with Crippen LogP contribution in [0.25, 0.3) is 5.69 Å². The molecule has 108 valence electrons. The maximum atomic E-state index is 4.69. The number of benzene rings is 1. The Balaban J connectivity index is 2.20. The van der Waals surface area contributed by atoms with E-state index in [1.165, 1.54) is 5.56 Å². The van der Waals surface area contributed by atoms with Gasteiger partial charge in [0.1, 0.15) is 0 Å². The quantitative estimate of drug-likeness (QED) is 0.851. The Labute approximate surface area is 122 Å². The minimum absolute atomic E-state index is 0.0911. The molecular formula is C17H25N3. The summed E-state index contributed by atoms with van der Waals surface area (Å²) in [6.07, 6.45) is 3.11. The number of rotatable bonds is 4. The zero-order valence-electron chi connectivity index (χ0n) is 13.2.